The Labute approximate surface area is 88.1 Å². The number of alkyl halides is 1. The minimum atomic E-state index is -0.857. The van der Waals surface area contributed by atoms with Crippen molar-refractivity contribution in [3.63, 3.8) is 0 Å². The van der Waals surface area contributed by atoms with Crippen molar-refractivity contribution in [1.29, 1.82) is 0 Å². The van der Waals surface area contributed by atoms with Crippen LogP contribution in [0.4, 0.5) is 0 Å². The molecule has 4 atom stereocenters. The Morgan fingerprint density at radius 1 is 1.71 bits per heavy atom. The Kier molecular flexibility index (Phi) is 4.16. The molecule has 0 aromatic heterocycles. The van der Waals surface area contributed by atoms with Gasteiger partial charge in [-0.05, 0) is 6.92 Å². The van der Waals surface area contributed by atoms with Gasteiger partial charge in [0.25, 0.3) is 0 Å². The molecule has 14 heavy (non-hydrogen) atoms. The van der Waals surface area contributed by atoms with Crippen LogP contribution >= 0.6 is 11.6 Å². The molecule has 0 radical (unpaired) electrons. The van der Waals surface area contributed by atoms with Crippen LogP contribution in [0.5, 0.6) is 0 Å². The van der Waals surface area contributed by atoms with Crippen LogP contribution < -0.4 is 0 Å². The van der Waals surface area contributed by atoms with E-state index in [2.05, 4.69) is 0 Å². The van der Waals surface area contributed by atoms with Gasteiger partial charge in [0, 0.05) is 12.8 Å². The van der Waals surface area contributed by atoms with E-state index in [4.69, 9.17) is 21.1 Å². The van der Waals surface area contributed by atoms with Crippen LogP contribution in [0.3, 0.4) is 0 Å². The summed E-state index contributed by atoms with van der Waals surface area (Å²) in [5, 5.41) is 8.83. The van der Waals surface area contributed by atoms with Crippen LogP contribution in [0.2, 0.25) is 0 Å². The molecule has 4 nitrogen and oxygen atoms in total. The van der Waals surface area contributed by atoms with E-state index in [1.807, 2.05) is 0 Å². The quantitative estimate of drug-likeness (QED) is 0.561. The predicted octanol–water partition coefficient (Wildman–Crippen LogP) is 1.04. The lowest BCUT2D eigenvalue weighted by Crippen LogP contribution is -2.46. The Morgan fingerprint density at radius 3 is 2.86 bits per heavy atom. The van der Waals surface area contributed by atoms with Crippen LogP contribution in [0, 0.1) is 0 Å². The smallest absolute Gasteiger partial charge is 0.305 e. The van der Waals surface area contributed by atoms with Crippen LogP contribution in [-0.4, -0.2) is 35.0 Å². The molecule has 1 heterocycles. The average Bonchev–Trinajstić information content (AvgIpc) is 2.10. The lowest BCUT2D eigenvalue weighted by Gasteiger charge is -2.35. The fourth-order valence-corrected chi connectivity index (χ4v) is 1.82. The van der Waals surface area contributed by atoms with Gasteiger partial charge in [-0.15, -0.1) is 11.6 Å². The summed E-state index contributed by atoms with van der Waals surface area (Å²) in [4.78, 5) is 11.1. The maximum absolute atomic E-state index is 11.1. The highest BCUT2D eigenvalue weighted by atomic mass is 35.5. The number of ether oxygens (including phenoxy) is 2. The first-order valence-electron chi connectivity index (χ1n) is 4.71. The number of carbonyl (C=O) groups is 1. The summed E-state index contributed by atoms with van der Waals surface area (Å²) in [6.45, 7) is 3.44. The van der Waals surface area contributed by atoms with E-state index in [1.165, 1.54) is 0 Å². The number of esters is 1. The number of carbonyl (C=O) groups excluding carboxylic acids is 1. The lowest BCUT2D eigenvalue weighted by molar-refractivity contribution is -0.204. The molecule has 1 saturated heterocycles. The summed E-state index contributed by atoms with van der Waals surface area (Å²) >= 11 is 5.96. The fourth-order valence-electron chi connectivity index (χ4n) is 1.41. The van der Waals surface area contributed by atoms with Gasteiger partial charge < -0.3 is 14.6 Å². The predicted molar refractivity (Wildman–Crippen MR) is 51.0 cm³/mol. The summed E-state index contributed by atoms with van der Waals surface area (Å²) in [6.07, 6.45) is -1.09. The highest BCUT2D eigenvalue weighted by molar-refractivity contribution is 6.21. The molecule has 5 heteroatoms. The molecule has 1 N–H and O–H groups in total. The maximum atomic E-state index is 11.1. The zero-order valence-corrected chi connectivity index (χ0v) is 9.03. The summed E-state index contributed by atoms with van der Waals surface area (Å²) in [5.74, 6) is -0.299. The Bertz CT molecular complexity index is 197. The van der Waals surface area contributed by atoms with Crippen molar-refractivity contribution in [2.45, 2.75) is 50.6 Å². The van der Waals surface area contributed by atoms with Crippen molar-refractivity contribution in [3.05, 3.63) is 0 Å². The lowest BCUT2D eigenvalue weighted by atomic mass is 10.1. The molecule has 1 aliphatic heterocycles. The van der Waals surface area contributed by atoms with Crippen molar-refractivity contribution < 1.29 is 19.4 Å². The first-order chi connectivity index (χ1) is 6.54. The van der Waals surface area contributed by atoms with Gasteiger partial charge in [0.15, 0.2) is 6.29 Å². The third kappa shape index (κ3) is 2.83. The van der Waals surface area contributed by atoms with Gasteiger partial charge >= 0.3 is 5.97 Å². The normalized spacial score (nSPS) is 38.0. The van der Waals surface area contributed by atoms with Crippen molar-refractivity contribution >= 4 is 17.6 Å². The first kappa shape index (κ1) is 11.8. The molecule has 0 aliphatic carbocycles. The molecule has 1 rings (SSSR count). The Balaban J connectivity index is 2.53. The van der Waals surface area contributed by atoms with E-state index in [0.717, 1.165) is 0 Å². The highest BCUT2D eigenvalue weighted by Gasteiger charge is 2.37. The number of halogens is 1. The van der Waals surface area contributed by atoms with Gasteiger partial charge in [-0.1, -0.05) is 6.92 Å². The minimum absolute atomic E-state index is 0.285. The van der Waals surface area contributed by atoms with Gasteiger partial charge in [-0.2, -0.15) is 0 Å². The third-order valence-corrected chi connectivity index (χ3v) is 2.60. The summed E-state index contributed by atoms with van der Waals surface area (Å²) in [5.41, 5.74) is 0. The van der Waals surface area contributed by atoms with E-state index in [-0.39, 0.29) is 23.9 Å². The van der Waals surface area contributed by atoms with Crippen LogP contribution in [0.1, 0.15) is 26.7 Å². The van der Waals surface area contributed by atoms with Gasteiger partial charge in [0.2, 0.25) is 0 Å². The monoisotopic (exact) mass is 222 g/mol. The molecule has 1 aliphatic rings. The van der Waals surface area contributed by atoms with E-state index < -0.39 is 12.4 Å². The Hall–Kier alpha value is -0.320. The molecule has 0 aromatic carbocycles. The van der Waals surface area contributed by atoms with Crippen LogP contribution in [-0.2, 0) is 14.3 Å². The molecule has 0 saturated carbocycles. The zero-order chi connectivity index (χ0) is 10.7. The number of rotatable bonds is 2. The number of hydrogen-bond donors (Lipinski definition) is 1. The second-order valence-corrected chi connectivity index (χ2v) is 3.92. The summed E-state index contributed by atoms with van der Waals surface area (Å²) in [7, 11) is 0. The standard InChI is InChI=1S/C9H15ClO4/c1-3-7(11)14-9-5(2)13-8(12)4-6(9)10/h5-6,8-9,12H,3-4H2,1-2H3/t5-,6-,8+,9+/m0/s1. The molecule has 1 fully saturated rings. The van der Waals surface area contributed by atoms with Gasteiger partial charge in [0.05, 0.1) is 11.5 Å². The SMILES string of the molecule is CCC(=O)O[C@@H]1[C@H](C)O[C@@H](O)C[C@@H]1Cl. The average molecular weight is 223 g/mol. The van der Waals surface area contributed by atoms with Crippen molar-refractivity contribution in [2.75, 3.05) is 0 Å². The van der Waals surface area contributed by atoms with Crippen LogP contribution in [0.25, 0.3) is 0 Å². The highest BCUT2D eigenvalue weighted by Crippen LogP contribution is 2.25. The van der Waals surface area contributed by atoms with Crippen molar-refractivity contribution in [3.8, 4) is 0 Å². The number of aliphatic hydroxyl groups is 1. The number of hydrogen-bond acceptors (Lipinski definition) is 4. The van der Waals surface area contributed by atoms with Gasteiger partial charge in [-0.25, -0.2) is 0 Å². The maximum Gasteiger partial charge on any atom is 0.305 e. The summed E-state index contributed by atoms with van der Waals surface area (Å²) < 4.78 is 10.2. The molecule has 0 amide bonds. The molecule has 82 valence electrons. The fraction of sp³-hybridized carbons (Fsp3) is 0.889. The molecular weight excluding hydrogens is 208 g/mol. The largest absolute Gasteiger partial charge is 0.458 e. The second kappa shape index (κ2) is 4.96. The molecule has 0 bridgehead atoms. The van der Waals surface area contributed by atoms with E-state index in [9.17, 15) is 9.90 Å². The second-order valence-electron chi connectivity index (χ2n) is 3.36. The molecule has 0 aromatic rings. The molecular formula is C9H15ClO4. The topological polar surface area (TPSA) is 55.8 Å². The van der Waals surface area contributed by atoms with Crippen molar-refractivity contribution in [1.82, 2.24) is 0 Å². The number of aliphatic hydroxyl groups excluding tert-OH is 1. The van der Waals surface area contributed by atoms with Crippen LogP contribution in [0.15, 0.2) is 0 Å². The minimum Gasteiger partial charge on any atom is -0.458 e. The zero-order valence-electron chi connectivity index (χ0n) is 8.27. The van der Waals surface area contributed by atoms with E-state index >= 15 is 0 Å². The summed E-state index contributed by atoms with van der Waals surface area (Å²) in [6, 6.07) is 0. The van der Waals surface area contributed by atoms with E-state index in [0.29, 0.717) is 6.42 Å². The van der Waals surface area contributed by atoms with Gasteiger partial charge in [0.1, 0.15) is 6.10 Å². The molecule has 0 spiro atoms. The van der Waals surface area contributed by atoms with Crippen molar-refractivity contribution in [2.24, 2.45) is 0 Å². The van der Waals surface area contributed by atoms with E-state index in [1.54, 1.807) is 13.8 Å². The first-order valence-corrected chi connectivity index (χ1v) is 5.15. The Morgan fingerprint density at radius 2 is 2.36 bits per heavy atom. The third-order valence-electron chi connectivity index (χ3n) is 2.17. The molecule has 0 unspecified atom stereocenters. The van der Waals surface area contributed by atoms with Gasteiger partial charge in [-0.3, -0.25) is 4.79 Å².